The maximum Gasteiger partial charge on any atom is 0.404 e. The molecule has 0 aliphatic rings. The molecule has 0 saturated carbocycles. The average molecular weight is 160 g/mol. The minimum atomic E-state index is -0.950. The van der Waals surface area contributed by atoms with E-state index in [2.05, 4.69) is 5.32 Å². The van der Waals surface area contributed by atoms with Crippen LogP contribution in [-0.2, 0) is 0 Å². The summed E-state index contributed by atoms with van der Waals surface area (Å²) in [6, 6.07) is 0.0658. The maximum absolute atomic E-state index is 10.2. The van der Waals surface area contributed by atoms with Crippen LogP contribution in [0.1, 0.15) is 26.2 Å². The third kappa shape index (κ3) is 5.66. The van der Waals surface area contributed by atoms with E-state index in [0.29, 0.717) is 6.54 Å². The summed E-state index contributed by atoms with van der Waals surface area (Å²) in [4.78, 5) is 10.2. The van der Waals surface area contributed by atoms with Crippen LogP contribution in [0.4, 0.5) is 4.79 Å². The van der Waals surface area contributed by atoms with Gasteiger partial charge in [-0.1, -0.05) is 6.92 Å². The van der Waals surface area contributed by atoms with Gasteiger partial charge in [-0.15, -0.1) is 0 Å². The van der Waals surface area contributed by atoms with Crippen molar-refractivity contribution in [1.29, 1.82) is 0 Å². The number of hydrogen-bond acceptors (Lipinski definition) is 2. The van der Waals surface area contributed by atoms with Gasteiger partial charge in [-0.25, -0.2) is 4.79 Å². The molecule has 11 heavy (non-hydrogen) atoms. The quantitative estimate of drug-likeness (QED) is 0.556. The Hall–Kier alpha value is -0.770. The highest BCUT2D eigenvalue weighted by molar-refractivity contribution is 5.64. The van der Waals surface area contributed by atoms with E-state index in [1.807, 2.05) is 6.92 Å². The summed E-state index contributed by atoms with van der Waals surface area (Å²) < 4.78 is 0. The molecule has 0 aromatic rings. The van der Waals surface area contributed by atoms with Gasteiger partial charge >= 0.3 is 6.09 Å². The largest absolute Gasteiger partial charge is 0.465 e. The molecule has 0 fully saturated rings. The minimum Gasteiger partial charge on any atom is -0.465 e. The number of nitrogens with one attached hydrogen (secondary N) is 1. The van der Waals surface area contributed by atoms with Crippen LogP contribution in [0, 0.1) is 0 Å². The number of carbonyl (C=O) groups is 1. The van der Waals surface area contributed by atoms with Crippen LogP contribution in [0.5, 0.6) is 0 Å². The van der Waals surface area contributed by atoms with Crippen LogP contribution in [0.15, 0.2) is 0 Å². The molecule has 0 saturated heterocycles. The Morgan fingerprint density at radius 1 is 1.73 bits per heavy atom. The van der Waals surface area contributed by atoms with E-state index >= 15 is 0 Å². The first kappa shape index (κ1) is 10.2. The summed E-state index contributed by atoms with van der Waals surface area (Å²) in [5.41, 5.74) is 5.29. The highest BCUT2D eigenvalue weighted by Crippen LogP contribution is 1.99. The monoisotopic (exact) mass is 160 g/mol. The molecule has 0 aliphatic carbocycles. The number of rotatable bonds is 5. The highest BCUT2D eigenvalue weighted by Gasteiger charge is 2.06. The number of hydrogen-bond donors (Lipinski definition) is 3. The molecular formula is C7H16N2O2. The zero-order valence-corrected chi connectivity index (χ0v) is 6.84. The lowest BCUT2D eigenvalue weighted by atomic mass is 10.1. The fourth-order valence-corrected chi connectivity index (χ4v) is 0.917. The molecule has 4 N–H and O–H groups in total. The molecule has 4 heteroatoms. The zero-order valence-electron chi connectivity index (χ0n) is 6.84. The molecule has 0 heterocycles. The predicted octanol–water partition coefficient (Wildman–Crippen LogP) is 0.772. The van der Waals surface area contributed by atoms with Gasteiger partial charge in [0.25, 0.3) is 0 Å². The Morgan fingerprint density at radius 2 is 2.36 bits per heavy atom. The lowest BCUT2D eigenvalue weighted by molar-refractivity contribution is 0.188. The van der Waals surface area contributed by atoms with Gasteiger partial charge in [0.15, 0.2) is 0 Å². The molecular weight excluding hydrogens is 144 g/mol. The van der Waals surface area contributed by atoms with E-state index < -0.39 is 6.09 Å². The lowest BCUT2D eigenvalue weighted by Gasteiger charge is -2.13. The Kier molecular flexibility index (Phi) is 5.56. The Balaban J connectivity index is 3.49. The molecule has 1 unspecified atom stereocenters. The van der Waals surface area contributed by atoms with E-state index in [-0.39, 0.29) is 6.04 Å². The van der Waals surface area contributed by atoms with Gasteiger partial charge in [0, 0.05) is 6.04 Å². The van der Waals surface area contributed by atoms with Crippen LogP contribution < -0.4 is 11.1 Å². The molecule has 1 atom stereocenters. The molecule has 0 rings (SSSR count). The van der Waals surface area contributed by atoms with E-state index in [1.54, 1.807) is 0 Å². The highest BCUT2D eigenvalue weighted by atomic mass is 16.4. The Morgan fingerprint density at radius 3 is 2.73 bits per heavy atom. The third-order valence-corrected chi connectivity index (χ3v) is 1.58. The van der Waals surface area contributed by atoms with Gasteiger partial charge < -0.3 is 16.2 Å². The van der Waals surface area contributed by atoms with Crippen molar-refractivity contribution in [2.24, 2.45) is 5.73 Å². The van der Waals surface area contributed by atoms with Gasteiger partial charge in [-0.2, -0.15) is 0 Å². The van der Waals surface area contributed by atoms with E-state index in [4.69, 9.17) is 10.8 Å². The molecule has 0 aromatic heterocycles. The molecule has 0 bridgehead atoms. The summed E-state index contributed by atoms with van der Waals surface area (Å²) in [7, 11) is 0. The number of nitrogens with two attached hydrogens (primary N) is 1. The second-order valence-corrected chi connectivity index (χ2v) is 2.49. The fraction of sp³-hybridized carbons (Fsp3) is 0.857. The van der Waals surface area contributed by atoms with Crippen molar-refractivity contribution in [3.8, 4) is 0 Å². The first-order chi connectivity index (χ1) is 5.20. The molecule has 0 aromatic carbocycles. The smallest absolute Gasteiger partial charge is 0.404 e. The van der Waals surface area contributed by atoms with Crippen molar-refractivity contribution < 1.29 is 9.90 Å². The van der Waals surface area contributed by atoms with Crippen LogP contribution in [-0.4, -0.2) is 23.8 Å². The van der Waals surface area contributed by atoms with Crippen LogP contribution in [0.2, 0.25) is 0 Å². The summed E-state index contributed by atoms with van der Waals surface area (Å²) in [6.07, 6.45) is 1.58. The second-order valence-electron chi connectivity index (χ2n) is 2.49. The average Bonchev–Trinajstić information content (AvgIpc) is 1.97. The molecule has 0 radical (unpaired) electrons. The van der Waals surface area contributed by atoms with Gasteiger partial charge in [0.2, 0.25) is 0 Å². The summed E-state index contributed by atoms with van der Waals surface area (Å²) in [5.74, 6) is 0. The summed E-state index contributed by atoms with van der Waals surface area (Å²) >= 11 is 0. The first-order valence-corrected chi connectivity index (χ1v) is 3.90. The Labute approximate surface area is 66.8 Å². The zero-order chi connectivity index (χ0) is 8.69. The first-order valence-electron chi connectivity index (χ1n) is 3.90. The standard InChI is InChI=1S/C7H16N2O2/c1-2-6(4-3-5-8)9-7(10)11/h6,9H,2-5,8H2,1H3,(H,10,11). The maximum atomic E-state index is 10.2. The van der Waals surface area contributed by atoms with E-state index in [0.717, 1.165) is 19.3 Å². The third-order valence-electron chi connectivity index (χ3n) is 1.58. The molecule has 1 amide bonds. The van der Waals surface area contributed by atoms with Crippen molar-refractivity contribution in [2.75, 3.05) is 6.54 Å². The summed E-state index contributed by atoms with van der Waals surface area (Å²) in [5, 5.41) is 10.8. The van der Waals surface area contributed by atoms with Gasteiger partial charge in [-0.05, 0) is 25.8 Å². The predicted molar refractivity (Wildman–Crippen MR) is 43.5 cm³/mol. The van der Waals surface area contributed by atoms with Crippen LogP contribution >= 0.6 is 0 Å². The van der Waals surface area contributed by atoms with Gasteiger partial charge in [-0.3, -0.25) is 0 Å². The molecule has 0 spiro atoms. The van der Waals surface area contributed by atoms with Crippen LogP contribution in [0.25, 0.3) is 0 Å². The van der Waals surface area contributed by atoms with Crippen molar-refractivity contribution in [2.45, 2.75) is 32.2 Å². The van der Waals surface area contributed by atoms with Crippen molar-refractivity contribution in [1.82, 2.24) is 5.32 Å². The molecule has 0 aliphatic heterocycles. The van der Waals surface area contributed by atoms with Gasteiger partial charge in [0.1, 0.15) is 0 Å². The van der Waals surface area contributed by atoms with Crippen LogP contribution in [0.3, 0.4) is 0 Å². The Bertz CT molecular complexity index is 117. The van der Waals surface area contributed by atoms with E-state index in [1.165, 1.54) is 0 Å². The van der Waals surface area contributed by atoms with Crippen molar-refractivity contribution in [3.05, 3.63) is 0 Å². The fourth-order valence-electron chi connectivity index (χ4n) is 0.917. The van der Waals surface area contributed by atoms with Crippen molar-refractivity contribution in [3.63, 3.8) is 0 Å². The topological polar surface area (TPSA) is 75.3 Å². The minimum absolute atomic E-state index is 0.0658. The normalized spacial score (nSPS) is 12.5. The van der Waals surface area contributed by atoms with E-state index in [9.17, 15) is 4.79 Å². The SMILES string of the molecule is CCC(CCCN)NC(=O)O. The summed E-state index contributed by atoms with van der Waals surface area (Å²) in [6.45, 7) is 2.58. The molecule has 4 nitrogen and oxygen atoms in total. The molecule has 66 valence electrons. The van der Waals surface area contributed by atoms with Crippen molar-refractivity contribution >= 4 is 6.09 Å². The van der Waals surface area contributed by atoms with Gasteiger partial charge in [0.05, 0.1) is 0 Å². The number of carboxylic acid groups (broad SMARTS) is 1. The number of amides is 1. The lowest BCUT2D eigenvalue weighted by Crippen LogP contribution is -2.33. The second kappa shape index (κ2) is 5.97.